The Kier molecular flexibility index (Phi) is 7.11. The van der Waals surface area contributed by atoms with Gasteiger partial charge in [-0.05, 0) is 39.5 Å². The lowest BCUT2D eigenvalue weighted by Crippen LogP contribution is -2.57. The van der Waals surface area contributed by atoms with Crippen LogP contribution in [0.2, 0.25) is 0 Å². The molecule has 1 unspecified atom stereocenters. The fourth-order valence-corrected chi connectivity index (χ4v) is 3.80. The molecule has 1 atom stereocenters. The van der Waals surface area contributed by atoms with Gasteiger partial charge in [0.2, 0.25) is 0 Å². The van der Waals surface area contributed by atoms with Crippen LogP contribution in [0, 0.1) is 5.92 Å². The van der Waals surface area contributed by atoms with Crippen molar-refractivity contribution in [3.8, 4) is 0 Å². The highest BCUT2D eigenvalue weighted by molar-refractivity contribution is 5.71. The number of carbonyl (C=O) groups is 2. The van der Waals surface area contributed by atoms with Gasteiger partial charge < -0.3 is 14.4 Å². The summed E-state index contributed by atoms with van der Waals surface area (Å²) in [7, 11) is 1.42. The minimum absolute atomic E-state index is 0.00986. The second-order valence-electron chi connectivity index (χ2n) is 8.36. The lowest BCUT2D eigenvalue weighted by molar-refractivity contribution is -0.142. The average Bonchev–Trinajstić information content (AvgIpc) is 2.55. The van der Waals surface area contributed by atoms with E-state index in [-0.39, 0.29) is 18.1 Å². The largest absolute Gasteiger partial charge is 0.469 e. The predicted molar refractivity (Wildman–Crippen MR) is 96.4 cm³/mol. The molecule has 0 bridgehead atoms. The zero-order valence-electron chi connectivity index (χ0n) is 16.3. The summed E-state index contributed by atoms with van der Waals surface area (Å²) in [4.78, 5) is 28.3. The molecule has 25 heavy (non-hydrogen) atoms. The van der Waals surface area contributed by atoms with Gasteiger partial charge in [0, 0.05) is 32.2 Å². The van der Waals surface area contributed by atoms with Crippen molar-refractivity contribution in [1.82, 2.24) is 9.80 Å². The molecule has 0 aromatic heterocycles. The lowest BCUT2D eigenvalue weighted by Gasteiger charge is -2.43. The van der Waals surface area contributed by atoms with E-state index in [1.54, 1.807) is 4.90 Å². The molecule has 2 aliphatic rings. The number of amides is 1. The molecule has 1 saturated heterocycles. The van der Waals surface area contributed by atoms with Gasteiger partial charge in [0.25, 0.3) is 0 Å². The summed E-state index contributed by atoms with van der Waals surface area (Å²) in [5.41, 5.74) is -0.506. The molecular formula is C19H34N2O4. The number of piperazine rings is 1. The second-order valence-corrected chi connectivity index (χ2v) is 8.36. The third-order valence-corrected chi connectivity index (χ3v) is 5.10. The minimum atomic E-state index is -0.506. The molecular weight excluding hydrogens is 320 g/mol. The molecule has 2 fully saturated rings. The van der Waals surface area contributed by atoms with Crippen LogP contribution in [-0.4, -0.2) is 66.8 Å². The number of esters is 1. The molecule has 1 saturated carbocycles. The Morgan fingerprint density at radius 3 is 2.36 bits per heavy atom. The summed E-state index contributed by atoms with van der Waals surface area (Å²) in [6.45, 7) is 8.60. The van der Waals surface area contributed by atoms with Crippen LogP contribution in [0.3, 0.4) is 0 Å². The van der Waals surface area contributed by atoms with Crippen molar-refractivity contribution >= 4 is 12.1 Å². The van der Waals surface area contributed by atoms with Crippen LogP contribution < -0.4 is 0 Å². The average molecular weight is 354 g/mol. The summed E-state index contributed by atoms with van der Waals surface area (Å²) in [5, 5.41) is 0. The van der Waals surface area contributed by atoms with E-state index in [0.717, 1.165) is 13.1 Å². The fourth-order valence-electron chi connectivity index (χ4n) is 3.80. The van der Waals surface area contributed by atoms with Crippen LogP contribution in [0.25, 0.3) is 0 Å². The Labute approximate surface area is 151 Å². The molecule has 1 heterocycles. The van der Waals surface area contributed by atoms with Crippen molar-refractivity contribution in [3.63, 3.8) is 0 Å². The molecule has 0 aromatic carbocycles. The highest BCUT2D eigenvalue weighted by atomic mass is 16.6. The molecule has 1 amide bonds. The first kappa shape index (κ1) is 20.0. The SMILES string of the molecule is COC(=O)CC1CN(C(=O)OC(C)(C)C)CCN1CC1CCCCC1. The van der Waals surface area contributed by atoms with E-state index in [4.69, 9.17) is 9.47 Å². The van der Waals surface area contributed by atoms with Crippen LogP contribution >= 0.6 is 0 Å². The van der Waals surface area contributed by atoms with Gasteiger partial charge in [-0.25, -0.2) is 4.79 Å². The van der Waals surface area contributed by atoms with Gasteiger partial charge in [-0.1, -0.05) is 19.3 Å². The van der Waals surface area contributed by atoms with Gasteiger partial charge in [0.05, 0.1) is 13.5 Å². The van der Waals surface area contributed by atoms with Crippen LogP contribution in [0.1, 0.15) is 59.3 Å². The van der Waals surface area contributed by atoms with Crippen molar-refractivity contribution in [2.24, 2.45) is 5.92 Å². The molecule has 1 aliphatic carbocycles. The molecule has 0 radical (unpaired) electrons. The summed E-state index contributed by atoms with van der Waals surface area (Å²) in [5.74, 6) is 0.492. The van der Waals surface area contributed by atoms with Crippen LogP contribution in [0.5, 0.6) is 0 Å². The third-order valence-electron chi connectivity index (χ3n) is 5.10. The van der Waals surface area contributed by atoms with Gasteiger partial charge in [-0.3, -0.25) is 9.69 Å². The van der Waals surface area contributed by atoms with Gasteiger partial charge in [-0.2, -0.15) is 0 Å². The normalized spacial score (nSPS) is 23.4. The predicted octanol–water partition coefficient (Wildman–Crippen LogP) is 3.05. The van der Waals surface area contributed by atoms with Gasteiger partial charge in [0.15, 0.2) is 0 Å². The smallest absolute Gasteiger partial charge is 0.410 e. The van der Waals surface area contributed by atoms with E-state index in [1.807, 2.05) is 20.8 Å². The lowest BCUT2D eigenvalue weighted by atomic mass is 9.88. The quantitative estimate of drug-likeness (QED) is 0.726. The Hall–Kier alpha value is -1.30. The molecule has 144 valence electrons. The molecule has 2 rings (SSSR count). The first-order valence-electron chi connectivity index (χ1n) is 9.57. The summed E-state index contributed by atoms with van der Waals surface area (Å²) >= 11 is 0. The van der Waals surface area contributed by atoms with Crippen LogP contribution in [0.15, 0.2) is 0 Å². The molecule has 6 nitrogen and oxygen atoms in total. The number of rotatable bonds is 4. The maximum Gasteiger partial charge on any atom is 0.410 e. The van der Waals surface area contributed by atoms with Crippen molar-refractivity contribution in [2.45, 2.75) is 70.9 Å². The molecule has 1 aliphatic heterocycles. The zero-order valence-corrected chi connectivity index (χ0v) is 16.3. The number of methoxy groups -OCH3 is 1. The summed E-state index contributed by atoms with van der Waals surface area (Å²) in [6, 6.07) is 0.00986. The topological polar surface area (TPSA) is 59.1 Å². The molecule has 0 spiro atoms. The van der Waals surface area contributed by atoms with Gasteiger partial charge >= 0.3 is 12.1 Å². The maximum absolute atomic E-state index is 12.4. The van der Waals surface area contributed by atoms with Gasteiger partial charge in [-0.15, -0.1) is 0 Å². The number of hydrogen-bond acceptors (Lipinski definition) is 5. The Balaban J connectivity index is 1.98. The zero-order chi connectivity index (χ0) is 18.4. The highest BCUT2D eigenvalue weighted by Crippen LogP contribution is 2.26. The number of carbonyl (C=O) groups excluding carboxylic acids is 2. The summed E-state index contributed by atoms with van der Waals surface area (Å²) < 4.78 is 10.4. The third kappa shape index (κ3) is 6.49. The highest BCUT2D eigenvalue weighted by Gasteiger charge is 2.34. The first-order chi connectivity index (χ1) is 11.8. The standard InChI is InChI=1S/C19H34N2O4/c1-19(2,3)25-18(23)21-11-10-20(13-15-8-6-5-7-9-15)16(14-21)12-17(22)24-4/h15-16H,5-14H2,1-4H3. The van der Waals surface area contributed by atoms with E-state index < -0.39 is 5.60 Å². The fraction of sp³-hybridized carbons (Fsp3) is 0.895. The monoisotopic (exact) mass is 354 g/mol. The van der Waals surface area contributed by atoms with Gasteiger partial charge in [0.1, 0.15) is 5.60 Å². The molecule has 6 heteroatoms. The second kappa shape index (κ2) is 8.88. The van der Waals surface area contributed by atoms with Crippen molar-refractivity contribution < 1.29 is 19.1 Å². The van der Waals surface area contributed by atoms with E-state index in [1.165, 1.54) is 39.2 Å². The maximum atomic E-state index is 12.4. The van der Waals surface area contributed by atoms with E-state index in [0.29, 0.717) is 25.4 Å². The van der Waals surface area contributed by atoms with E-state index in [9.17, 15) is 9.59 Å². The number of nitrogens with zero attached hydrogens (tertiary/aromatic N) is 2. The van der Waals surface area contributed by atoms with Crippen LogP contribution in [0.4, 0.5) is 4.79 Å². The Morgan fingerprint density at radius 2 is 1.76 bits per heavy atom. The number of hydrogen-bond donors (Lipinski definition) is 0. The van der Waals surface area contributed by atoms with Crippen molar-refractivity contribution in [3.05, 3.63) is 0 Å². The summed E-state index contributed by atoms with van der Waals surface area (Å²) in [6.07, 6.45) is 6.54. The number of ether oxygens (including phenoxy) is 2. The molecule has 0 aromatic rings. The van der Waals surface area contributed by atoms with E-state index in [2.05, 4.69) is 4.90 Å². The van der Waals surface area contributed by atoms with Crippen molar-refractivity contribution in [1.29, 1.82) is 0 Å². The Bertz CT molecular complexity index is 455. The molecule has 0 N–H and O–H groups in total. The van der Waals surface area contributed by atoms with Crippen molar-refractivity contribution in [2.75, 3.05) is 33.3 Å². The Morgan fingerprint density at radius 1 is 1.08 bits per heavy atom. The van der Waals surface area contributed by atoms with E-state index >= 15 is 0 Å². The minimum Gasteiger partial charge on any atom is -0.469 e. The first-order valence-corrected chi connectivity index (χ1v) is 9.57. The van der Waals surface area contributed by atoms with Crippen LogP contribution in [-0.2, 0) is 14.3 Å².